The summed E-state index contributed by atoms with van der Waals surface area (Å²) < 4.78 is 0. The van der Waals surface area contributed by atoms with E-state index in [4.69, 9.17) is 0 Å². The standard InChI is InChI=1S/C30H46O3/c1-20(10-13-25(31)17-22-7-4-5-8-22)27-14-15-28-23(9-6-16-30(27,28)3)11-12-24-18-26(32)19-29(33)21(24)2/h10-13,20,22,25-29,31-33H,2,4-9,14-19H2,1,3H3/t20-,25-,26-,27-,28+,29+,30-/m1/s1. The van der Waals surface area contributed by atoms with Crippen molar-refractivity contribution in [1.82, 2.24) is 0 Å². The highest BCUT2D eigenvalue weighted by molar-refractivity contribution is 5.38. The third-order valence-electron chi connectivity index (χ3n) is 9.62. The second-order valence-electron chi connectivity index (χ2n) is 11.9. The molecule has 0 aromatic carbocycles. The van der Waals surface area contributed by atoms with E-state index in [-0.39, 0.29) is 6.10 Å². The Morgan fingerprint density at radius 2 is 1.82 bits per heavy atom. The van der Waals surface area contributed by atoms with Crippen molar-refractivity contribution in [3.05, 3.63) is 47.6 Å². The van der Waals surface area contributed by atoms with Gasteiger partial charge in [0.2, 0.25) is 0 Å². The van der Waals surface area contributed by atoms with Crippen molar-refractivity contribution in [3.63, 3.8) is 0 Å². The molecule has 0 spiro atoms. The quantitative estimate of drug-likeness (QED) is 0.415. The van der Waals surface area contributed by atoms with E-state index in [1.54, 1.807) is 5.57 Å². The van der Waals surface area contributed by atoms with Crippen LogP contribution in [-0.4, -0.2) is 33.6 Å². The highest BCUT2D eigenvalue weighted by atomic mass is 16.3. The van der Waals surface area contributed by atoms with Gasteiger partial charge in [-0.2, -0.15) is 0 Å². The predicted octanol–water partition coefficient (Wildman–Crippen LogP) is 6.26. The van der Waals surface area contributed by atoms with Crippen LogP contribution in [0.4, 0.5) is 0 Å². The van der Waals surface area contributed by atoms with E-state index in [1.165, 1.54) is 51.4 Å². The molecular formula is C30H46O3. The average Bonchev–Trinajstić information content (AvgIpc) is 3.40. The Morgan fingerprint density at radius 1 is 1.06 bits per heavy atom. The van der Waals surface area contributed by atoms with Crippen LogP contribution >= 0.6 is 0 Å². The van der Waals surface area contributed by atoms with E-state index >= 15 is 0 Å². The van der Waals surface area contributed by atoms with Crippen molar-refractivity contribution in [2.75, 3.05) is 0 Å². The Kier molecular flexibility index (Phi) is 8.03. The monoisotopic (exact) mass is 454 g/mol. The summed E-state index contributed by atoms with van der Waals surface area (Å²) in [4.78, 5) is 0. The van der Waals surface area contributed by atoms with E-state index in [0.29, 0.717) is 36.0 Å². The van der Waals surface area contributed by atoms with Gasteiger partial charge < -0.3 is 15.3 Å². The van der Waals surface area contributed by atoms with Crippen LogP contribution < -0.4 is 0 Å². The first kappa shape index (κ1) is 24.9. The zero-order chi connectivity index (χ0) is 23.6. The maximum Gasteiger partial charge on any atom is 0.0811 e. The molecule has 33 heavy (non-hydrogen) atoms. The topological polar surface area (TPSA) is 60.7 Å². The van der Waals surface area contributed by atoms with Crippen LogP contribution in [0.15, 0.2) is 47.6 Å². The van der Waals surface area contributed by atoms with Crippen LogP contribution in [0.25, 0.3) is 0 Å². The van der Waals surface area contributed by atoms with E-state index < -0.39 is 12.2 Å². The second-order valence-corrected chi connectivity index (χ2v) is 11.9. The fourth-order valence-corrected chi connectivity index (χ4v) is 7.71. The molecule has 0 saturated heterocycles. The van der Waals surface area contributed by atoms with Crippen LogP contribution in [0.1, 0.15) is 90.9 Å². The van der Waals surface area contributed by atoms with Crippen LogP contribution in [-0.2, 0) is 0 Å². The molecule has 4 aliphatic carbocycles. The van der Waals surface area contributed by atoms with Gasteiger partial charge in [0.1, 0.15) is 0 Å². The number of aliphatic hydroxyl groups excluding tert-OH is 3. The molecule has 4 saturated carbocycles. The van der Waals surface area contributed by atoms with Crippen molar-refractivity contribution in [1.29, 1.82) is 0 Å². The second kappa shape index (κ2) is 10.6. The first-order chi connectivity index (χ1) is 15.8. The SMILES string of the molecule is C=C1C(=CC=C2CCC[C@]3(C)[C@@H]([C@H](C)C=C[C@@H](O)CC4CCCC4)CC[C@@H]23)C[C@@H](O)C[C@@H]1O. The number of aliphatic hydroxyl groups is 3. The third-order valence-corrected chi connectivity index (χ3v) is 9.62. The van der Waals surface area contributed by atoms with Crippen molar-refractivity contribution >= 4 is 0 Å². The highest BCUT2D eigenvalue weighted by Gasteiger charge is 2.50. The molecule has 4 aliphatic rings. The minimum absolute atomic E-state index is 0.289. The lowest BCUT2D eigenvalue weighted by atomic mass is 9.61. The van der Waals surface area contributed by atoms with Crippen molar-refractivity contribution in [2.45, 2.75) is 109 Å². The number of fused-ring (bicyclic) bond motifs is 1. The number of rotatable bonds is 6. The van der Waals surface area contributed by atoms with Crippen molar-refractivity contribution in [2.24, 2.45) is 29.1 Å². The van der Waals surface area contributed by atoms with Crippen LogP contribution in [0.2, 0.25) is 0 Å². The zero-order valence-electron chi connectivity index (χ0n) is 20.9. The van der Waals surface area contributed by atoms with Crippen LogP contribution in [0.3, 0.4) is 0 Å². The van der Waals surface area contributed by atoms with E-state index in [1.807, 2.05) is 0 Å². The molecule has 3 heteroatoms. The molecule has 7 atom stereocenters. The van der Waals surface area contributed by atoms with Gasteiger partial charge in [0.15, 0.2) is 0 Å². The zero-order valence-corrected chi connectivity index (χ0v) is 20.9. The normalized spacial score (nSPS) is 40.1. The molecule has 4 rings (SSSR count). The Bertz CT molecular complexity index is 786. The first-order valence-electron chi connectivity index (χ1n) is 13.6. The molecule has 0 radical (unpaired) electrons. The molecule has 0 heterocycles. The van der Waals surface area contributed by atoms with E-state index in [0.717, 1.165) is 29.9 Å². The van der Waals surface area contributed by atoms with Gasteiger partial charge in [-0.15, -0.1) is 0 Å². The fourth-order valence-electron chi connectivity index (χ4n) is 7.71. The van der Waals surface area contributed by atoms with Gasteiger partial charge in [-0.3, -0.25) is 0 Å². The largest absolute Gasteiger partial charge is 0.393 e. The van der Waals surface area contributed by atoms with Crippen molar-refractivity contribution in [3.8, 4) is 0 Å². The molecule has 184 valence electrons. The van der Waals surface area contributed by atoms with Gasteiger partial charge in [0.05, 0.1) is 18.3 Å². The summed E-state index contributed by atoms with van der Waals surface area (Å²) in [5.41, 5.74) is 3.63. The summed E-state index contributed by atoms with van der Waals surface area (Å²) in [5, 5.41) is 30.8. The molecule has 0 unspecified atom stereocenters. The van der Waals surface area contributed by atoms with Gasteiger partial charge in [0, 0.05) is 6.42 Å². The Labute approximate surface area is 201 Å². The van der Waals surface area contributed by atoms with Gasteiger partial charge in [-0.1, -0.05) is 76.0 Å². The number of hydrogen-bond acceptors (Lipinski definition) is 3. The lowest BCUT2D eigenvalue weighted by Crippen LogP contribution is -2.35. The first-order valence-corrected chi connectivity index (χ1v) is 13.6. The number of allylic oxidation sites excluding steroid dienone is 4. The molecule has 0 aromatic heterocycles. The molecule has 0 bridgehead atoms. The molecule has 3 nitrogen and oxygen atoms in total. The van der Waals surface area contributed by atoms with Crippen molar-refractivity contribution < 1.29 is 15.3 Å². The Balaban J connectivity index is 1.42. The van der Waals surface area contributed by atoms with Crippen LogP contribution in [0.5, 0.6) is 0 Å². The lowest BCUT2D eigenvalue weighted by molar-refractivity contribution is 0.0862. The minimum atomic E-state index is -0.623. The predicted molar refractivity (Wildman–Crippen MR) is 136 cm³/mol. The Hall–Kier alpha value is -1.16. The van der Waals surface area contributed by atoms with Gasteiger partial charge in [0.25, 0.3) is 0 Å². The van der Waals surface area contributed by atoms with Gasteiger partial charge in [-0.25, -0.2) is 0 Å². The lowest BCUT2D eigenvalue weighted by Gasteiger charge is -2.44. The van der Waals surface area contributed by atoms with Gasteiger partial charge in [-0.05, 0) is 85.2 Å². The Morgan fingerprint density at radius 3 is 2.58 bits per heavy atom. The third kappa shape index (κ3) is 5.57. The van der Waals surface area contributed by atoms with E-state index in [2.05, 4.69) is 44.7 Å². The molecular weight excluding hydrogens is 408 g/mol. The maximum atomic E-state index is 10.5. The van der Waals surface area contributed by atoms with Gasteiger partial charge >= 0.3 is 0 Å². The van der Waals surface area contributed by atoms with E-state index in [9.17, 15) is 15.3 Å². The summed E-state index contributed by atoms with van der Waals surface area (Å²) in [6.07, 6.45) is 20.8. The molecule has 0 aromatic rings. The summed E-state index contributed by atoms with van der Waals surface area (Å²) in [7, 11) is 0. The molecule has 0 amide bonds. The molecule has 4 fully saturated rings. The average molecular weight is 455 g/mol. The summed E-state index contributed by atoms with van der Waals surface area (Å²) in [6.45, 7) is 8.93. The summed E-state index contributed by atoms with van der Waals surface area (Å²) >= 11 is 0. The maximum absolute atomic E-state index is 10.5. The highest BCUT2D eigenvalue weighted by Crippen LogP contribution is 2.59. The summed E-state index contributed by atoms with van der Waals surface area (Å²) in [6, 6.07) is 0. The minimum Gasteiger partial charge on any atom is -0.393 e. The molecule has 0 aliphatic heterocycles. The van der Waals surface area contributed by atoms with Crippen LogP contribution in [0, 0.1) is 29.1 Å². The summed E-state index contributed by atoms with van der Waals surface area (Å²) in [5.74, 6) is 2.47. The smallest absolute Gasteiger partial charge is 0.0811 e. The fraction of sp³-hybridized carbons (Fsp3) is 0.733. The number of hydrogen-bond donors (Lipinski definition) is 3. The molecule has 3 N–H and O–H groups in total.